The van der Waals surface area contributed by atoms with Crippen molar-refractivity contribution in [2.75, 3.05) is 13.1 Å². The average molecular weight is 185 g/mol. The van der Waals surface area contributed by atoms with Gasteiger partial charge < -0.3 is 11.1 Å². The van der Waals surface area contributed by atoms with Crippen LogP contribution in [0.2, 0.25) is 0 Å². The van der Waals surface area contributed by atoms with Gasteiger partial charge in [0.1, 0.15) is 0 Å². The van der Waals surface area contributed by atoms with Crippen molar-refractivity contribution < 1.29 is 0 Å². The second-order valence-electron chi connectivity index (χ2n) is 2.82. The minimum absolute atomic E-state index is 0.406. The minimum Gasteiger partial charge on any atom is -0.329 e. The lowest BCUT2D eigenvalue weighted by Gasteiger charge is -2.09. The summed E-state index contributed by atoms with van der Waals surface area (Å²) in [5.74, 6) is 0. The lowest BCUT2D eigenvalue weighted by atomic mass is 10.3. The van der Waals surface area contributed by atoms with Crippen LogP contribution in [0.5, 0.6) is 0 Å². The van der Waals surface area contributed by atoms with Gasteiger partial charge in [-0.05, 0) is 6.92 Å². The zero-order valence-electron chi connectivity index (χ0n) is 7.29. The normalized spacial score (nSPS) is 13.2. The van der Waals surface area contributed by atoms with Crippen molar-refractivity contribution in [2.24, 2.45) is 5.73 Å². The maximum absolute atomic E-state index is 5.46. The van der Waals surface area contributed by atoms with Gasteiger partial charge in [-0.1, -0.05) is 0 Å². The van der Waals surface area contributed by atoms with Crippen molar-refractivity contribution >= 4 is 11.3 Å². The van der Waals surface area contributed by atoms with Gasteiger partial charge in [0.05, 0.1) is 11.2 Å². The minimum atomic E-state index is 0.406. The zero-order chi connectivity index (χ0) is 8.81. The van der Waals surface area contributed by atoms with Crippen LogP contribution in [0.25, 0.3) is 0 Å². The third-order valence-electron chi connectivity index (χ3n) is 1.71. The highest BCUT2D eigenvalue weighted by molar-refractivity contribution is 7.07. The number of hydrogen-bond donors (Lipinski definition) is 2. The van der Waals surface area contributed by atoms with Gasteiger partial charge in [-0.15, -0.1) is 11.3 Å². The Hall–Kier alpha value is -0.450. The summed E-state index contributed by atoms with van der Waals surface area (Å²) in [6.45, 7) is 3.74. The van der Waals surface area contributed by atoms with Gasteiger partial charge in [0.25, 0.3) is 0 Å². The van der Waals surface area contributed by atoms with E-state index in [-0.39, 0.29) is 0 Å². The fraction of sp³-hybridized carbons (Fsp3) is 0.625. The second-order valence-corrected chi connectivity index (χ2v) is 3.54. The number of aromatic nitrogens is 1. The van der Waals surface area contributed by atoms with Gasteiger partial charge in [0.15, 0.2) is 0 Å². The molecule has 1 aromatic rings. The topological polar surface area (TPSA) is 50.9 Å². The summed E-state index contributed by atoms with van der Waals surface area (Å²) in [6.07, 6.45) is 0.994. The van der Waals surface area contributed by atoms with Gasteiger partial charge in [-0.2, -0.15) is 0 Å². The smallest absolute Gasteiger partial charge is 0.0794 e. The first-order valence-corrected chi connectivity index (χ1v) is 5.07. The monoisotopic (exact) mass is 185 g/mol. The Bertz CT molecular complexity index is 198. The maximum atomic E-state index is 5.46. The Morgan fingerprint density at radius 2 is 2.58 bits per heavy atom. The first-order chi connectivity index (χ1) is 5.83. The predicted octanol–water partition coefficient (Wildman–Crippen LogP) is 0.622. The SMILES string of the molecule is CC(CN)NCCc1cscn1. The Kier molecular flexibility index (Phi) is 4.21. The number of thiazole rings is 1. The van der Waals surface area contributed by atoms with E-state index in [9.17, 15) is 0 Å². The molecule has 1 unspecified atom stereocenters. The van der Waals surface area contributed by atoms with E-state index in [2.05, 4.69) is 22.6 Å². The van der Waals surface area contributed by atoms with Crippen LogP contribution in [0.1, 0.15) is 12.6 Å². The largest absolute Gasteiger partial charge is 0.329 e. The molecule has 0 aliphatic carbocycles. The molecular formula is C8H15N3S. The highest BCUT2D eigenvalue weighted by atomic mass is 32.1. The van der Waals surface area contributed by atoms with Crippen LogP contribution in [0.15, 0.2) is 10.9 Å². The zero-order valence-corrected chi connectivity index (χ0v) is 8.10. The molecule has 1 heterocycles. The lowest BCUT2D eigenvalue weighted by Crippen LogP contribution is -2.34. The third-order valence-corrected chi connectivity index (χ3v) is 2.35. The van der Waals surface area contributed by atoms with E-state index in [1.54, 1.807) is 11.3 Å². The van der Waals surface area contributed by atoms with Gasteiger partial charge in [-0.25, -0.2) is 4.98 Å². The molecule has 4 heteroatoms. The molecule has 12 heavy (non-hydrogen) atoms. The van der Waals surface area contributed by atoms with Crippen molar-refractivity contribution in [3.8, 4) is 0 Å². The van der Waals surface area contributed by atoms with Crippen LogP contribution >= 0.6 is 11.3 Å². The molecule has 1 aromatic heterocycles. The van der Waals surface area contributed by atoms with Crippen LogP contribution in [0, 0.1) is 0 Å². The van der Waals surface area contributed by atoms with Crippen molar-refractivity contribution in [3.63, 3.8) is 0 Å². The molecule has 3 nitrogen and oxygen atoms in total. The molecule has 0 radical (unpaired) electrons. The van der Waals surface area contributed by atoms with Gasteiger partial charge in [0, 0.05) is 30.9 Å². The quantitative estimate of drug-likeness (QED) is 0.707. The van der Waals surface area contributed by atoms with Crippen LogP contribution in [0.3, 0.4) is 0 Å². The number of nitrogens with two attached hydrogens (primary N) is 1. The van der Waals surface area contributed by atoms with Gasteiger partial charge >= 0.3 is 0 Å². The molecule has 0 saturated heterocycles. The van der Waals surface area contributed by atoms with Crippen molar-refractivity contribution in [1.29, 1.82) is 0 Å². The van der Waals surface area contributed by atoms with Gasteiger partial charge in [0.2, 0.25) is 0 Å². The Morgan fingerprint density at radius 1 is 1.75 bits per heavy atom. The van der Waals surface area contributed by atoms with E-state index < -0.39 is 0 Å². The summed E-state index contributed by atoms with van der Waals surface area (Å²) in [6, 6.07) is 0.406. The number of rotatable bonds is 5. The highest BCUT2D eigenvalue weighted by Gasteiger charge is 1.98. The van der Waals surface area contributed by atoms with Crippen LogP contribution < -0.4 is 11.1 Å². The summed E-state index contributed by atoms with van der Waals surface area (Å²) < 4.78 is 0. The highest BCUT2D eigenvalue weighted by Crippen LogP contribution is 2.00. The molecule has 1 rings (SSSR count). The standard InChI is InChI=1S/C8H15N3S/c1-7(4-9)10-3-2-8-5-12-6-11-8/h5-7,10H,2-4,9H2,1H3. The first kappa shape index (κ1) is 9.64. The average Bonchev–Trinajstić information content (AvgIpc) is 2.57. The Morgan fingerprint density at radius 3 is 3.17 bits per heavy atom. The van der Waals surface area contributed by atoms with E-state index in [1.165, 1.54) is 0 Å². The fourth-order valence-electron chi connectivity index (χ4n) is 0.891. The maximum Gasteiger partial charge on any atom is 0.0794 e. The molecule has 0 aromatic carbocycles. The molecular weight excluding hydrogens is 170 g/mol. The first-order valence-electron chi connectivity index (χ1n) is 4.13. The summed E-state index contributed by atoms with van der Waals surface area (Å²) >= 11 is 1.64. The summed E-state index contributed by atoms with van der Waals surface area (Å²) in [7, 11) is 0. The Balaban J connectivity index is 2.11. The van der Waals surface area contributed by atoms with E-state index in [0.29, 0.717) is 12.6 Å². The molecule has 0 aliphatic heterocycles. The molecule has 0 amide bonds. The summed E-state index contributed by atoms with van der Waals surface area (Å²) in [4.78, 5) is 4.19. The predicted molar refractivity (Wildman–Crippen MR) is 52.3 cm³/mol. The lowest BCUT2D eigenvalue weighted by molar-refractivity contribution is 0.557. The molecule has 0 fully saturated rings. The molecule has 3 N–H and O–H groups in total. The summed E-state index contributed by atoms with van der Waals surface area (Å²) in [5, 5.41) is 5.39. The van der Waals surface area contributed by atoms with E-state index in [1.807, 2.05) is 5.51 Å². The van der Waals surface area contributed by atoms with Crippen LogP contribution in [0.4, 0.5) is 0 Å². The van der Waals surface area contributed by atoms with Crippen molar-refractivity contribution in [1.82, 2.24) is 10.3 Å². The molecule has 0 spiro atoms. The van der Waals surface area contributed by atoms with Crippen LogP contribution in [-0.4, -0.2) is 24.1 Å². The molecule has 0 bridgehead atoms. The van der Waals surface area contributed by atoms with E-state index >= 15 is 0 Å². The fourth-order valence-corrected chi connectivity index (χ4v) is 1.48. The van der Waals surface area contributed by atoms with E-state index in [4.69, 9.17) is 5.73 Å². The van der Waals surface area contributed by atoms with Gasteiger partial charge in [-0.3, -0.25) is 0 Å². The second kappa shape index (κ2) is 5.24. The van der Waals surface area contributed by atoms with Crippen molar-refractivity contribution in [3.05, 3.63) is 16.6 Å². The van der Waals surface area contributed by atoms with Crippen molar-refractivity contribution in [2.45, 2.75) is 19.4 Å². The third kappa shape index (κ3) is 3.30. The molecule has 1 atom stereocenters. The number of hydrogen-bond acceptors (Lipinski definition) is 4. The van der Waals surface area contributed by atoms with E-state index in [0.717, 1.165) is 18.7 Å². The number of nitrogens with zero attached hydrogens (tertiary/aromatic N) is 1. The summed E-state index contributed by atoms with van der Waals surface area (Å²) in [5.41, 5.74) is 8.48. The number of nitrogens with one attached hydrogen (secondary N) is 1. The molecule has 68 valence electrons. The molecule has 0 aliphatic rings. The van der Waals surface area contributed by atoms with Crippen LogP contribution in [-0.2, 0) is 6.42 Å². The molecule has 0 saturated carbocycles. The Labute approximate surface area is 77.0 Å².